The number of likely N-dealkylation sites (tertiary alicyclic amines) is 1. The van der Waals surface area contributed by atoms with Crippen LogP contribution in [0.2, 0.25) is 0 Å². The topological polar surface area (TPSA) is 60.9 Å². The second-order valence-electron chi connectivity index (χ2n) is 10.6. The Morgan fingerprint density at radius 2 is 1.89 bits per heavy atom. The Bertz CT molecular complexity index is 1060. The molecule has 1 N–H and O–H groups in total. The fraction of sp³-hybridized carbons (Fsp3) is 0.571. The van der Waals surface area contributed by atoms with E-state index in [9.17, 15) is 9.18 Å². The van der Waals surface area contributed by atoms with Gasteiger partial charge in [-0.2, -0.15) is 4.39 Å². The molecule has 0 radical (unpaired) electrons. The van der Waals surface area contributed by atoms with Crippen molar-refractivity contribution in [3.8, 4) is 5.75 Å². The van der Waals surface area contributed by atoms with Gasteiger partial charge in [-0.15, -0.1) is 12.4 Å². The number of ether oxygens (including phenoxy) is 1. The van der Waals surface area contributed by atoms with Crippen molar-refractivity contribution in [3.63, 3.8) is 0 Å². The molecule has 3 heterocycles. The molecule has 5 rings (SSSR count). The number of rotatable bonds is 8. The minimum Gasteiger partial charge on any atom is -0.488 e. The van der Waals surface area contributed by atoms with Crippen LogP contribution in [-0.4, -0.2) is 90.5 Å². The van der Waals surface area contributed by atoms with Gasteiger partial charge in [0.25, 0.3) is 0 Å². The number of benzene rings is 1. The molecule has 1 aromatic heterocycles. The van der Waals surface area contributed by atoms with E-state index >= 15 is 0 Å². The Balaban J connectivity index is 0.00000320. The number of aryl methyl sites for hydroxylation is 1. The Morgan fingerprint density at radius 3 is 2.62 bits per heavy atom. The largest absolute Gasteiger partial charge is 0.488 e. The first kappa shape index (κ1) is 27.8. The van der Waals surface area contributed by atoms with Crippen LogP contribution in [-0.2, 0) is 11.4 Å². The maximum Gasteiger partial charge on any atom is 0.236 e. The molecule has 1 amide bonds. The highest BCUT2D eigenvalue weighted by Gasteiger charge is 2.41. The fourth-order valence-electron chi connectivity index (χ4n) is 5.39. The highest BCUT2D eigenvalue weighted by Crippen LogP contribution is 2.46. The molecule has 0 spiro atoms. The number of nitrogens with one attached hydrogen (secondary N) is 1. The molecule has 202 valence electrons. The van der Waals surface area contributed by atoms with Crippen LogP contribution in [0.25, 0.3) is 0 Å². The van der Waals surface area contributed by atoms with Gasteiger partial charge in [0, 0.05) is 69.0 Å². The van der Waals surface area contributed by atoms with E-state index in [1.807, 2.05) is 17.0 Å². The Hall–Kier alpha value is -2.26. The second kappa shape index (κ2) is 12.5. The second-order valence-corrected chi connectivity index (χ2v) is 10.6. The van der Waals surface area contributed by atoms with E-state index < -0.39 is 5.95 Å². The average molecular weight is 532 g/mol. The van der Waals surface area contributed by atoms with Crippen LogP contribution in [0.15, 0.2) is 36.5 Å². The van der Waals surface area contributed by atoms with Gasteiger partial charge < -0.3 is 19.9 Å². The fourth-order valence-corrected chi connectivity index (χ4v) is 5.39. The summed E-state index contributed by atoms with van der Waals surface area (Å²) in [5.41, 5.74) is 2.85. The molecule has 1 saturated carbocycles. The van der Waals surface area contributed by atoms with Crippen LogP contribution in [0.4, 0.5) is 4.39 Å². The number of piperidine rings is 1. The van der Waals surface area contributed by atoms with Gasteiger partial charge in [0.2, 0.25) is 11.9 Å². The SMILES string of the molecule is Cc1ccc(OCc2cccnc2F)c(C2CC2NC2CCN(C(=O)CN3CCN(C)CC3)CC2)c1.Cl. The number of aromatic nitrogens is 1. The number of likely N-dealkylation sites (N-methyl/N-ethyl adjacent to an activating group) is 1. The number of halogens is 2. The lowest BCUT2D eigenvalue weighted by molar-refractivity contribution is -0.133. The van der Waals surface area contributed by atoms with E-state index in [-0.39, 0.29) is 24.9 Å². The first-order chi connectivity index (χ1) is 17.5. The first-order valence-corrected chi connectivity index (χ1v) is 13.2. The Labute approximate surface area is 225 Å². The summed E-state index contributed by atoms with van der Waals surface area (Å²) in [6.45, 7) is 8.50. The zero-order valence-electron chi connectivity index (χ0n) is 21.9. The predicted molar refractivity (Wildman–Crippen MR) is 145 cm³/mol. The standard InChI is InChI=1S/C28H38FN5O2.ClH/c1-20-5-6-26(36-19-21-4-3-9-30-28(21)29)24(16-20)23-17-25(23)31-22-7-10-34(11-8-22)27(35)18-33-14-12-32(2)13-15-33;/h3-6,9,16,22-23,25,31H,7-8,10-15,17-19H2,1-2H3;1H. The summed E-state index contributed by atoms with van der Waals surface area (Å²) < 4.78 is 20.0. The van der Waals surface area contributed by atoms with E-state index in [1.165, 1.54) is 17.3 Å². The molecule has 3 fully saturated rings. The van der Waals surface area contributed by atoms with Crippen molar-refractivity contribution in [2.45, 2.75) is 50.8 Å². The number of hydrogen-bond acceptors (Lipinski definition) is 6. The molecule has 1 aromatic carbocycles. The summed E-state index contributed by atoms with van der Waals surface area (Å²) in [5.74, 6) is 1.01. The lowest BCUT2D eigenvalue weighted by Gasteiger charge is -2.36. The molecular weight excluding hydrogens is 493 g/mol. The summed E-state index contributed by atoms with van der Waals surface area (Å²) in [5, 5.41) is 3.84. The van der Waals surface area contributed by atoms with Crippen LogP contribution in [0, 0.1) is 12.9 Å². The molecule has 2 aliphatic heterocycles. The van der Waals surface area contributed by atoms with E-state index in [4.69, 9.17) is 4.74 Å². The quantitative estimate of drug-likeness (QED) is 0.528. The molecule has 2 unspecified atom stereocenters. The third-order valence-corrected chi connectivity index (χ3v) is 7.83. The number of hydrogen-bond donors (Lipinski definition) is 1. The highest BCUT2D eigenvalue weighted by molar-refractivity contribution is 5.85. The third-order valence-electron chi connectivity index (χ3n) is 7.83. The van der Waals surface area contributed by atoms with Gasteiger partial charge in [-0.1, -0.05) is 17.7 Å². The van der Waals surface area contributed by atoms with E-state index in [1.54, 1.807) is 12.1 Å². The predicted octanol–water partition coefficient (Wildman–Crippen LogP) is 3.21. The monoisotopic (exact) mass is 531 g/mol. The number of carbonyl (C=O) groups is 1. The third kappa shape index (κ3) is 7.19. The van der Waals surface area contributed by atoms with Gasteiger partial charge in [-0.25, -0.2) is 4.98 Å². The number of carbonyl (C=O) groups excluding carboxylic acids is 1. The number of amides is 1. The maximum atomic E-state index is 13.9. The molecule has 9 heteroatoms. The van der Waals surface area contributed by atoms with Crippen molar-refractivity contribution in [3.05, 3.63) is 59.2 Å². The normalized spacial score (nSPS) is 22.9. The Kier molecular flexibility index (Phi) is 9.40. The van der Waals surface area contributed by atoms with Crippen molar-refractivity contribution in [1.29, 1.82) is 0 Å². The molecule has 7 nitrogen and oxygen atoms in total. The van der Waals surface area contributed by atoms with Crippen LogP contribution in [0.1, 0.15) is 41.9 Å². The van der Waals surface area contributed by atoms with Gasteiger partial charge in [0.1, 0.15) is 12.4 Å². The number of pyridine rings is 1. The highest BCUT2D eigenvalue weighted by atomic mass is 35.5. The summed E-state index contributed by atoms with van der Waals surface area (Å²) in [6.07, 6.45) is 4.51. The smallest absolute Gasteiger partial charge is 0.236 e. The summed E-state index contributed by atoms with van der Waals surface area (Å²) in [4.78, 5) is 23.1. The molecule has 3 aliphatic rings. The molecule has 2 aromatic rings. The Morgan fingerprint density at radius 1 is 1.14 bits per heavy atom. The first-order valence-electron chi connectivity index (χ1n) is 13.2. The zero-order chi connectivity index (χ0) is 25.1. The van der Waals surface area contributed by atoms with Gasteiger partial charge >= 0.3 is 0 Å². The van der Waals surface area contributed by atoms with E-state index in [2.05, 4.69) is 40.1 Å². The van der Waals surface area contributed by atoms with E-state index in [0.717, 1.165) is 64.3 Å². The summed E-state index contributed by atoms with van der Waals surface area (Å²) in [7, 11) is 2.14. The molecular formula is C28H39ClFN5O2. The van der Waals surface area contributed by atoms with Crippen molar-refractivity contribution in [2.24, 2.45) is 0 Å². The van der Waals surface area contributed by atoms with Gasteiger partial charge in [-0.05, 0) is 57.0 Å². The average Bonchev–Trinajstić information content (AvgIpc) is 3.64. The van der Waals surface area contributed by atoms with Crippen molar-refractivity contribution >= 4 is 18.3 Å². The number of nitrogens with zero attached hydrogens (tertiary/aromatic N) is 4. The van der Waals surface area contributed by atoms with Gasteiger partial charge in [0.05, 0.1) is 6.54 Å². The minimum absolute atomic E-state index is 0. The number of piperazine rings is 1. The summed E-state index contributed by atoms with van der Waals surface area (Å²) >= 11 is 0. The zero-order valence-corrected chi connectivity index (χ0v) is 22.7. The van der Waals surface area contributed by atoms with Crippen LogP contribution >= 0.6 is 12.4 Å². The van der Waals surface area contributed by atoms with Gasteiger partial charge in [0.15, 0.2) is 0 Å². The van der Waals surface area contributed by atoms with Crippen molar-refractivity contribution < 1.29 is 13.9 Å². The van der Waals surface area contributed by atoms with Crippen molar-refractivity contribution in [2.75, 3.05) is 52.9 Å². The van der Waals surface area contributed by atoms with Crippen LogP contribution < -0.4 is 10.1 Å². The molecule has 2 saturated heterocycles. The van der Waals surface area contributed by atoms with Crippen LogP contribution in [0.5, 0.6) is 5.75 Å². The van der Waals surface area contributed by atoms with Gasteiger partial charge in [-0.3, -0.25) is 9.69 Å². The molecule has 0 bridgehead atoms. The lowest BCUT2D eigenvalue weighted by atomic mass is 10.0. The summed E-state index contributed by atoms with van der Waals surface area (Å²) in [6, 6.07) is 10.5. The minimum atomic E-state index is -0.481. The maximum absolute atomic E-state index is 13.9. The molecule has 2 atom stereocenters. The lowest BCUT2D eigenvalue weighted by Crippen LogP contribution is -2.51. The van der Waals surface area contributed by atoms with Crippen molar-refractivity contribution in [1.82, 2.24) is 25.0 Å². The van der Waals surface area contributed by atoms with E-state index in [0.29, 0.717) is 30.1 Å². The molecule has 37 heavy (non-hydrogen) atoms. The van der Waals surface area contributed by atoms with Crippen LogP contribution in [0.3, 0.4) is 0 Å². The molecule has 1 aliphatic carbocycles.